The van der Waals surface area contributed by atoms with Gasteiger partial charge < -0.3 is 14.2 Å². The number of ether oxygens (including phenoxy) is 3. The van der Waals surface area contributed by atoms with Crippen molar-refractivity contribution in [1.82, 2.24) is 0 Å². The van der Waals surface area contributed by atoms with E-state index in [1.165, 1.54) is 0 Å². The third-order valence-corrected chi connectivity index (χ3v) is 1.56. The van der Waals surface area contributed by atoms with E-state index in [4.69, 9.17) is 14.2 Å². The van der Waals surface area contributed by atoms with E-state index in [0.717, 1.165) is 13.0 Å². The average Bonchev–Trinajstić information content (AvgIpc) is 2.73. The third kappa shape index (κ3) is 3.70. The lowest BCUT2D eigenvalue weighted by Crippen LogP contribution is -2.19. The van der Waals surface area contributed by atoms with Crippen molar-refractivity contribution in [2.75, 3.05) is 19.8 Å². The molecule has 1 aliphatic heterocycles. The topological polar surface area (TPSA) is 31.0 Å². The Balaban J connectivity index is 2.08. The van der Waals surface area contributed by atoms with Gasteiger partial charge in [0.25, 0.3) is 0 Å². The summed E-state index contributed by atoms with van der Waals surface area (Å²) in [6.07, 6.45) is 1.21. The smallest absolute Gasteiger partial charge is 0.160 e. The fourth-order valence-corrected chi connectivity index (χ4v) is 0.975. The molecule has 1 saturated heterocycles. The predicted octanol–water partition coefficient (Wildman–Crippen LogP) is 1.17. The van der Waals surface area contributed by atoms with Crippen LogP contribution in [0.3, 0.4) is 0 Å². The molecule has 0 amide bonds. The first-order valence-electron chi connectivity index (χ1n) is 4.21. The fourth-order valence-electron chi connectivity index (χ4n) is 0.975. The zero-order chi connectivity index (χ0) is 8.10. The normalized spacial score (nSPS) is 22.6. The van der Waals surface area contributed by atoms with Crippen LogP contribution in [0.25, 0.3) is 0 Å². The van der Waals surface area contributed by atoms with E-state index in [-0.39, 0.29) is 6.29 Å². The summed E-state index contributed by atoms with van der Waals surface area (Å²) in [5, 5.41) is 0. The van der Waals surface area contributed by atoms with Crippen LogP contribution in [-0.2, 0) is 14.2 Å². The zero-order valence-electron chi connectivity index (χ0n) is 7.21. The summed E-state index contributed by atoms with van der Waals surface area (Å²) in [5.41, 5.74) is 0. The Hall–Kier alpha value is -0.120. The van der Waals surface area contributed by atoms with Gasteiger partial charge in [0.15, 0.2) is 6.29 Å². The number of hydrogen-bond donors (Lipinski definition) is 0. The van der Waals surface area contributed by atoms with Crippen LogP contribution in [0, 0.1) is 0 Å². The molecule has 0 saturated carbocycles. The Kier molecular flexibility index (Phi) is 3.83. The first kappa shape index (κ1) is 8.97. The van der Waals surface area contributed by atoms with E-state index in [9.17, 15) is 0 Å². The highest BCUT2D eigenvalue weighted by Crippen LogP contribution is 2.17. The molecule has 1 fully saturated rings. The van der Waals surface area contributed by atoms with Crippen LogP contribution in [-0.4, -0.2) is 32.2 Å². The molecule has 0 spiro atoms. The van der Waals surface area contributed by atoms with E-state index in [0.29, 0.717) is 19.3 Å². The summed E-state index contributed by atoms with van der Waals surface area (Å²) in [4.78, 5) is 0. The van der Waals surface area contributed by atoms with Crippen molar-refractivity contribution in [3.05, 3.63) is 0 Å². The van der Waals surface area contributed by atoms with Gasteiger partial charge in [0.05, 0.1) is 12.7 Å². The van der Waals surface area contributed by atoms with Gasteiger partial charge in [-0.05, 0) is 13.8 Å². The molecule has 3 nitrogen and oxygen atoms in total. The minimum atomic E-state index is -0.0579. The predicted molar refractivity (Wildman–Crippen MR) is 41.4 cm³/mol. The molecule has 0 aromatic rings. The van der Waals surface area contributed by atoms with Crippen molar-refractivity contribution in [3.8, 4) is 0 Å². The maximum atomic E-state index is 5.33. The molecule has 0 aliphatic carbocycles. The van der Waals surface area contributed by atoms with Crippen LogP contribution in [0.5, 0.6) is 0 Å². The van der Waals surface area contributed by atoms with Crippen LogP contribution >= 0.6 is 0 Å². The molecule has 0 bridgehead atoms. The second kappa shape index (κ2) is 4.70. The standard InChI is InChI=1S/C8H16O3/c1-3-9-8(10-4-2)5-7-6-11-7/h7-8H,3-6H2,1-2H3/t7-/m1/s1. The van der Waals surface area contributed by atoms with E-state index < -0.39 is 0 Å². The number of epoxide rings is 1. The lowest BCUT2D eigenvalue weighted by molar-refractivity contribution is -0.141. The van der Waals surface area contributed by atoms with Gasteiger partial charge in [0.1, 0.15) is 0 Å². The van der Waals surface area contributed by atoms with Gasteiger partial charge in [-0.1, -0.05) is 0 Å². The molecule has 1 atom stereocenters. The summed E-state index contributed by atoms with van der Waals surface area (Å²) < 4.78 is 15.7. The number of hydrogen-bond acceptors (Lipinski definition) is 3. The van der Waals surface area contributed by atoms with Crippen molar-refractivity contribution in [2.45, 2.75) is 32.7 Å². The maximum Gasteiger partial charge on any atom is 0.160 e. The molecule has 11 heavy (non-hydrogen) atoms. The first-order valence-corrected chi connectivity index (χ1v) is 4.21. The molecule has 0 aromatic carbocycles. The monoisotopic (exact) mass is 160 g/mol. The summed E-state index contributed by atoms with van der Waals surface area (Å²) in [5.74, 6) is 0. The Morgan fingerprint density at radius 1 is 1.36 bits per heavy atom. The maximum absolute atomic E-state index is 5.33. The Morgan fingerprint density at radius 3 is 2.27 bits per heavy atom. The van der Waals surface area contributed by atoms with Gasteiger partial charge >= 0.3 is 0 Å². The van der Waals surface area contributed by atoms with E-state index in [1.54, 1.807) is 0 Å². The van der Waals surface area contributed by atoms with Gasteiger partial charge in [0, 0.05) is 19.6 Å². The zero-order valence-corrected chi connectivity index (χ0v) is 7.21. The Morgan fingerprint density at radius 2 is 1.91 bits per heavy atom. The quantitative estimate of drug-likeness (QED) is 0.432. The van der Waals surface area contributed by atoms with Crippen molar-refractivity contribution < 1.29 is 14.2 Å². The second-order valence-corrected chi connectivity index (χ2v) is 2.53. The van der Waals surface area contributed by atoms with Gasteiger partial charge in [0.2, 0.25) is 0 Å². The minimum absolute atomic E-state index is 0.0579. The van der Waals surface area contributed by atoms with Crippen molar-refractivity contribution in [1.29, 1.82) is 0 Å². The molecule has 66 valence electrons. The van der Waals surface area contributed by atoms with E-state index >= 15 is 0 Å². The minimum Gasteiger partial charge on any atom is -0.373 e. The van der Waals surface area contributed by atoms with Gasteiger partial charge in [-0.3, -0.25) is 0 Å². The first-order chi connectivity index (χ1) is 5.36. The largest absolute Gasteiger partial charge is 0.373 e. The SMILES string of the molecule is CCOC(C[C@@H]1CO1)OCC. The van der Waals surface area contributed by atoms with Crippen LogP contribution < -0.4 is 0 Å². The van der Waals surface area contributed by atoms with E-state index in [1.807, 2.05) is 13.8 Å². The van der Waals surface area contributed by atoms with Gasteiger partial charge in [-0.2, -0.15) is 0 Å². The van der Waals surface area contributed by atoms with Crippen LogP contribution in [0.2, 0.25) is 0 Å². The lowest BCUT2D eigenvalue weighted by atomic mass is 10.3. The molecule has 0 radical (unpaired) electrons. The highest BCUT2D eigenvalue weighted by atomic mass is 16.7. The van der Waals surface area contributed by atoms with Crippen molar-refractivity contribution >= 4 is 0 Å². The summed E-state index contributed by atoms with van der Waals surface area (Å²) >= 11 is 0. The Labute approximate surface area is 67.6 Å². The fraction of sp³-hybridized carbons (Fsp3) is 1.00. The molecule has 3 heteroatoms. The van der Waals surface area contributed by atoms with Crippen molar-refractivity contribution in [3.63, 3.8) is 0 Å². The molecular weight excluding hydrogens is 144 g/mol. The van der Waals surface area contributed by atoms with Crippen LogP contribution in [0.1, 0.15) is 20.3 Å². The lowest BCUT2D eigenvalue weighted by Gasteiger charge is -2.14. The average molecular weight is 160 g/mol. The molecule has 0 aromatic heterocycles. The summed E-state index contributed by atoms with van der Waals surface area (Å²) in [6, 6.07) is 0. The molecule has 0 unspecified atom stereocenters. The Bertz CT molecular complexity index is 95.5. The molecular formula is C8H16O3. The molecule has 1 rings (SSSR count). The molecule has 0 N–H and O–H groups in total. The number of rotatable bonds is 6. The van der Waals surface area contributed by atoms with Gasteiger partial charge in [-0.25, -0.2) is 0 Å². The van der Waals surface area contributed by atoms with E-state index in [2.05, 4.69) is 0 Å². The highest BCUT2D eigenvalue weighted by Gasteiger charge is 2.27. The summed E-state index contributed by atoms with van der Waals surface area (Å²) in [7, 11) is 0. The molecule has 1 aliphatic rings. The van der Waals surface area contributed by atoms with Gasteiger partial charge in [-0.15, -0.1) is 0 Å². The third-order valence-electron chi connectivity index (χ3n) is 1.56. The van der Waals surface area contributed by atoms with Crippen LogP contribution in [0.15, 0.2) is 0 Å². The summed E-state index contributed by atoms with van der Waals surface area (Å²) in [6.45, 7) is 6.23. The van der Waals surface area contributed by atoms with Crippen LogP contribution in [0.4, 0.5) is 0 Å². The highest BCUT2D eigenvalue weighted by molar-refractivity contribution is 4.70. The molecule has 1 heterocycles. The van der Waals surface area contributed by atoms with Crippen molar-refractivity contribution in [2.24, 2.45) is 0 Å². The second-order valence-electron chi connectivity index (χ2n) is 2.53.